The lowest BCUT2D eigenvalue weighted by Gasteiger charge is -2.28. The highest BCUT2D eigenvalue weighted by molar-refractivity contribution is 7.91. The third-order valence-corrected chi connectivity index (χ3v) is 7.56. The number of likely N-dealkylation sites (N-methyl/N-ethyl adjacent to an activating group) is 1. The van der Waals surface area contributed by atoms with Crippen LogP contribution in [-0.4, -0.2) is 77.7 Å². The van der Waals surface area contributed by atoms with Gasteiger partial charge in [0, 0.05) is 36.1 Å². The van der Waals surface area contributed by atoms with Crippen LogP contribution in [-0.2, 0) is 25.8 Å². The lowest BCUT2D eigenvalue weighted by Crippen LogP contribution is -2.47. The van der Waals surface area contributed by atoms with Gasteiger partial charge in [-0.3, -0.25) is 14.5 Å². The maximum atomic E-state index is 12.8. The number of benzene rings is 1. The molecule has 160 valence electrons. The van der Waals surface area contributed by atoms with E-state index in [1.54, 1.807) is 6.92 Å². The predicted molar refractivity (Wildman–Crippen MR) is 110 cm³/mol. The minimum Gasteiger partial charge on any atom is -0.361 e. The van der Waals surface area contributed by atoms with E-state index in [2.05, 4.69) is 10.3 Å². The molecule has 0 bridgehead atoms. The quantitative estimate of drug-likeness (QED) is 0.650. The first kappa shape index (κ1) is 20.4. The van der Waals surface area contributed by atoms with Crippen LogP contribution in [0.3, 0.4) is 0 Å². The average Bonchev–Trinajstić information content (AvgIpc) is 3.35. The van der Waals surface area contributed by atoms with Gasteiger partial charge in [0.25, 0.3) is 5.91 Å². The van der Waals surface area contributed by atoms with Crippen LogP contribution < -0.4 is 5.32 Å². The number of carbonyl (C=O) groups excluding carboxylic acids is 3. The van der Waals surface area contributed by atoms with E-state index >= 15 is 0 Å². The van der Waals surface area contributed by atoms with Crippen molar-refractivity contribution in [3.8, 4) is 0 Å². The number of hydrogen-bond donors (Lipinski definition) is 2. The highest BCUT2D eigenvalue weighted by Gasteiger charge is 2.41. The van der Waals surface area contributed by atoms with Gasteiger partial charge in [0.05, 0.1) is 11.5 Å². The first-order valence-electron chi connectivity index (χ1n) is 9.96. The molecule has 0 spiro atoms. The molecular weight excluding hydrogens is 408 g/mol. The van der Waals surface area contributed by atoms with Crippen molar-refractivity contribution in [3.05, 3.63) is 36.0 Å². The fourth-order valence-corrected chi connectivity index (χ4v) is 6.00. The zero-order chi connectivity index (χ0) is 21.5. The normalized spacial score (nSPS) is 23.2. The molecule has 2 atom stereocenters. The summed E-state index contributed by atoms with van der Waals surface area (Å²) in [6, 6.07) is 5.94. The highest BCUT2D eigenvalue weighted by Crippen LogP contribution is 2.22. The van der Waals surface area contributed by atoms with E-state index < -0.39 is 39.8 Å². The van der Waals surface area contributed by atoms with Crippen LogP contribution in [0.15, 0.2) is 30.5 Å². The number of urea groups is 1. The SMILES string of the molecule is CCN(C(=O)CN1C(=O)N[C@@H](Cc2c[nH]c3ccccc23)C1=O)[C@H]1CCS(=O)(=O)C1. The number of carbonyl (C=O) groups is 3. The topological polar surface area (TPSA) is 120 Å². The molecule has 0 unspecified atom stereocenters. The van der Waals surface area contributed by atoms with Gasteiger partial charge in [-0.1, -0.05) is 18.2 Å². The highest BCUT2D eigenvalue weighted by atomic mass is 32.2. The van der Waals surface area contributed by atoms with Crippen LogP contribution in [0, 0.1) is 0 Å². The number of imide groups is 1. The Morgan fingerprint density at radius 3 is 2.73 bits per heavy atom. The van der Waals surface area contributed by atoms with Crippen LogP contribution >= 0.6 is 0 Å². The molecule has 3 heterocycles. The molecule has 0 aliphatic carbocycles. The van der Waals surface area contributed by atoms with E-state index in [0.717, 1.165) is 21.4 Å². The molecule has 0 radical (unpaired) electrons. The van der Waals surface area contributed by atoms with Gasteiger partial charge in [0.2, 0.25) is 5.91 Å². The Bertz CT molecular complexity index is 1110. The summed E-state index contributed by atoms with van der Waals surface area (Å²) in [5.74, 6) is -0.891. The van der Waals surface area contributed by atoms with E-state index in [9.17, 15) is 22.8 Å². The van der Waals surface area contributed by atoms with Crippen molar-refractivity contribution in [2.45, 2.75) is 31.8 Å². The summed E-state index contributed by atoms with van der Waals surface area (Å²) in [6.45, 7) is 1.69. The Morgan fingerprint density at radius 2 is 2.03 bits per heavy atom. The van der Waals surface area contributed by atoms with E-state index in [1.807, 2.05) is 30.5 Å². The number of nitrogens with one attached hydrogen (secondary N) is 2. The molecule has 2 fully saturated rings. The predicted octanol–water partition coefficient (Wildman–Crippen LogP) is 0.666. The summed E-state index contributed by atoms with van der Waals surface area (Å²) in [6.07, 6.45) is 2.51. The number of aromatic amines is 1. The third kappa shape index (κ3) is 3.79. The van der Waals surface area contributed by atoms with Crippen LogP contribution in [0.4, 0.5) is 4.79 Å². The first-order valence-corrected chi connectivity index (χ1v) is 11.8. The summed E-state index contributed by atoms with van der Waals surface area (Å²) in [5, 5.41) is 3.64. The Labute approximate surface area is 174 Å². The van der Waals surface area contributed by atoms with E-state index in [4.69, 9.17) is 0 Å². The number of amides is 4. The second-order valence-electron chi connectivity index (χ2n) is 7.73. The average molecular weight is 433 g/mol. The van der Waals surface area contributed by atoms with Gasteiger partial charge < -0.3 is 15.2 Å². The maximum absolute atomic E-state index is 12.8. The van der Waals surface area contributed by atoms with Crippen molar-refractivity contribution >= 4 is 38.6 Å². The molecule has 30 heavy (non-hydrogen) atoms. The summed E-state index contributed by atoms with van der Waals surface area (Å²) < 4.78 is 23.5. The number of rotatable bonds is 6. The zero-order valence-electron chi connectivity index (χ0n) is 16.6. The van der Waals surface area contributed by atoms with Crippen molar-refractivity contribution in [2.75, 3.05) is 24.6 Å². The van der Waals surface area contributed by atoms with Crippen LogP contribution in [0.2, 0.25) is 0 Å². The van der Waals surface area contributed by atoms with Gasteiger partial charge >= 0.3 is 6.03 Å². The van der Waals surface area contributed by atoms with Crippen molar-refractivity contribution in [1.82, 2.24) is 20.1 Å². The maximum Gasteiger partial charge on any atom is 0.325 e. The van der Waals surface area contributed by atoms with Gasteiger partial charge in [0.1, 0.15) is 12.6 Å². The van der Waals surface area contributed by atoms with Gasteiger partial charge in [-0.25, -0.2) is 13.2 Å². The van der Waals surface area contributed by atoms with Gasteiger partial charge in [-0.15, -0.1) is 0 Å². The molecule has 1 aromatic carbocycles. The van der Waals surface area contributed by atoms with Crippen molar-refractivity contribution in [2.24, 2.45) is 0 Å². The molecule has 4 rings (SSSR count). The molecule has 0 saturated carbocycles. The Hall–Kier alpha value is -2.88. The molecule has 10 heteroatoms. The molecule has 4 amide bonds. The zero-order valence-corrected chi connectivity index (χ0v) is 17.4. The molecule has 2 N–H and O–H groups in total. The number of hydrogen-bond acceptors (Lipinski definition) is 5. The number of para-hydroxylation sites is 1. The Morgan fingerprint density at radius 1 is 1.27 bits per heavy atom. The molecule has 2 saturated heterocycles. The van der Waals surface area contributed by atoms with Crippen LogP contribution in [0.25, 0.3) is 10.9 Å². The van der Waals surface area contributed by atoms with Crippen molar-refractivity contribution < 1.29 is 22.8 Å². The number of fused-ring (bicyclic) bond motifs is 1. The number of aromatic nitrogens is 1. The molecule has 2 aromatic rings. The molecule has 2 aliphatic heterocycles. The summed E-state index contributed by atoms with van der Waals surface area (Å²) >= 11 is 0. The number of nitrogens with zero attached hydrogens (tertiary/aromatic N) is 2. The third-order valence-electron chi connectivity index (χ3n) is 5.81. The summed E-state index contributed by atoms with van der Waals surface area (Å²) in [5.41, 5.74) is 1.85. The minimum atomic E-state index is -3.15. The van der Waals surface area contributed by atoms with Gasteiger partial charge in [-0.05, 0) is 25.0 Å². The first-order chi connectivity index (χ1) is 14.3. The van der Waals surface area contributed by atoms with Crippen molar-refractivity contribution in [3.63, 3.8) is 0 Å². The van der Waals surface area contributed by atoms with E-state index in [-0.39, 0.29) is 18.1 Å². The molecule has 1 aromatic heterocycles. The molecular formula is C20H24N4O5S. The second-order valence-corrected chi connectivity index (χ2v) is 9.96. The number of sulfone groups is 1. The fraction of sp³-hybridized carbons (Fsp3) is 0.450. The van der Waals surface area contributed by atoms with Crippen LogP contribution in [0.5, 0.6) is 0 Å². The van der Waals surface area contributed by atoms with E-state index in [0.29, 0.717) is 19.4 Å². The van der Waals surface area contributed by atoms with Crippen molar-refractivity contribution in [1.29, 1.82) is 0 Å². The molecule has 9 nitrogen and oxygen atoms in total. The number of H-pyrrole nitrogens is 1. The fourth-order valence-electron chi connectivity index (χ4n) is 4.27. The van der Waals surface area contributed by atoms with E-state index in [1.165, 1.54) is 4.90 Å². The Kier molecular flexibility index (Phi) is 5.27. The molecule has 2 aliphatic rings. The Balaban J connectivity index is 1.44. The summed E-state index contributed by atoms with van der Waals surface area (Å²) in [4.78, 5) is 43.5. The lowest BCUT2D eigenvalue weighted by molar-refractivity contribution is -0.138. The second kappa shape index (κ2) is 7.75. The standard InChI is InChI=1S/C20H24N4O5S/c1-2-23(14-7-8-30(28,29)12-14)18(25)11-24-19(26)17(22-20(24)27)9-13-10-21-16-6-4-3-5-15(13)16/h3-6,10,14,17,21H,2,7-9,11-12H2,1H3,(H,22,27)/t14-,17-/m0/s1. The van der Waals surface area contributed by atoms with Crippen LogP contribution in [0.1, 0.15) is 18.9 Å². The van der Waals surface area contributed by atoms with Gasteiger partial charge in [0.15, 0.2) is 9.84 Å². The summed E-state index contributed by atoms with van der Waals surface area (Å²) in [7, 11) is -3.15. The monoisotopic (exact) mass is 432 g/mol. The van der Waals surface area contributed by atoms with Gasteiger partial charge in [-0.2, -0.15) is 0 Å². The lowest BCUT2D eigenvalue weighted by atomic mass is 10.1. The largest absolute Gasteiger partial charge is 0.361 e. The minimum absolute atomic E-state index is 0.0529. The smallest absolute Gasteiger partial charge is 0.325 e.